The average molecular weight is 372 g/mol. The molecule has 0 radical (unpaired) electrons. The highest BCUT2D eigenvalue weighted by Gasteiger charge is 2.29. The molecule has 2 aromatic carbocycles. The molecular weight excluding hydrogens is 355 g/mol. The molecular formula is C20H17F3N3O+. The molecule has 1 N–H and O–H groups in total. The van der Waals surface area contributed by atoms with Gasteiger partial charge in [0, 0.05) is 18.3 Å². The Bertz CT molecular complexity index is 903. The van der Waals surface area contributed by atoms with Crippen molar-refractivity contribution in [2.75, 3.05) is 12.5 Å². The number of aliphatic imine (C=N–C) groups is 1. The fourth-order valence-electron chi connectivity index (χ4n) is 2.27. The maximum Gasteiger partial charge on any atom is 0.416 e. The summed E-state index contributed by atoms with van der Waals surface area (Å²) in [5, 5.41) is 0. The number of aromatic nitrogens is 1. The van der Waals surface area contributed by atoms with Crippen LogP contribution in [0.5, 0.6) is 11.5 Å². The predicted molar refractivity (Wildman–Crippen MR) is 97.1 cm³/mol. The Kier molecular flexibility index (Phi) is 5.40. The van der Waals surface area contributed by atoms with Crippen molar-refractivity contribution in [3.05, 3.63) is 84.2 Å². The molecule has 27 heavy (non-hydrogen) atoms. The van der Waals surface area contributed by atoms with Gasteiger partial charge in [0.1, 0.15) is 11.5 Å². The SMILES string of the molecule is CN[n+]1ccc(Oc2ccc(N=Cc3ccc(C(F)(F)F)cc3)cc2)cc1. The van der Waals surface area contributed by atoms with Gasteiger partial charge in [-0.2, -0.15) is 18.6 Å². The molecule has 0 spiro atoms. The molecule has 0 fully saturated rings. The highest BCUT2D eigenvalue weighted by molar-refractivity contribution is 5.82. The normalized spacial score (nSPS) is 11.6. The van der Waals surface area contributed by atoms with Crippen LogP contribution in [0.1, 0.15) is 11.1 Å². The first-order valence-electron chi connectivity index (χ1n) is 8.12. The van der Waals surface area contributed by atoms with E-state index in [9.17, 15) is 13.2 Å². The van der Waals surface area contributed by atoms with Gasteiger partial charge in [-0.05, 0) is 42.0 Å². The van der Waals surface area contributed by atoms with Gasteiger partial charge in [-0.3, -0.25) is 4.99 Å². The van der Waals surface area contributed by atoms with Crippen LogP contribution in [0.15, 0.2) is 78.0 Å². The number of alkyl halides is 3. The minimum atomic E-state index is -4.34. The molecule has 3 rings (SSSR count). The van der Waals surface area contributed by atoms with Crippen molar-refractivity contribution >= 4 is 11.9 Å². The van der Waals surface area contributed by atoms with E-state index in [-0.39, 0.29) is 0 Å². The Hall–Kier alpha value is -3.35. The number of nitrogens with zero attached hydrogens (tertiary/aromatic N) is 2. The number of pyridine rings is 1. The van der Waals surface area contributed by atoms with Gasteiger partial charge < -0.3 is 4.74 Å². The smallest absolute Gasteiger partial charge is 0.416 e. The lowest BCUT2D eigenvalue weighted by Crippen LogP contribution is -2.41. The summed E-state index contributed by atoms with van der Waals surface area (Å²) in [6.07, 6.45) is 0.845. The fourth-order valence-corrected chi connectivity index (χ4v) is 2.27. The molecule has 0 bridgehead atoms. The van der Waals surface area contributed by atoms with Crippen molar-refractivity contribution in [2.24, 2.45) is 4.99 Å². The van der Waals surface area contributed by atoms with Crippen LogP contribution < -0.4 is 14.8 Å². The number of benzene rings is 2. The summed E-state index contributed by atoms with van der Waals surface area (Å²) < 4.78 is 45.2. The van der Waals surface area contributed by atoms with Crippen LogP contribution in [0.2, 0.25) is 0 Å². The lowest BCUT2D eigenvalue weighted by atomic mass is 10.1. The van der Waals surface area contributed by atoms with E-state index in [2.05, 4.69) is 10.4 Å². The molecule has 0 aliphatic carbocycles. The summed E-state index contributed by atoms with van der Waals surface area (Å²) in [6, 6.07) is 15.6. The van der Waals surface area contributed by atoms with Crippen LogP contribution in [-0.2, 0) is 6.18 Å². The molecule has 0 saturated heterocycles. The average Bonchev–Trinajstić information content (AvgIpc) is 2.68. The maximum atomic E-state index is 12.6. The van der Waals surface area contributed by atoms with Gasteiger partial charge in [-0.25, -0.2) is 0 Å². The summed E-state index contributed by atoms with van der Waals surface area (Å²) in [6.45, 7) is 0. The second-order valence-corrected chi connectivity index (χ2v) is 5.64. The Labute approximate surface area is 154 Å². The van der Waals surface area contributed by atoms with E-state index in [0.29, 0.717) is 22.7 Å². The second-order valence-electron chi connectivity index (χ2n) is 5.64. The fraction of sp³-hybridized carbons (Fsp3) is 0.100. The van der Waals surface area contributed by atoms with Crippen molar-refractivity contribution in [1.82, 2.24) is 0 Å². The maximum absolute atomic E-state index is 12.6. The summed E-state index contributed by atoms with van der Waals surface area (Å²) in [4.78, 5) is 4.27. The lowest BCUT2D eigenvalue weighted by Gasteiger charge is -2.06. The molecule has 0 aliphatic rings. The Morgan fingerprint density at radius 2 is 1.48 bits per heavy atom. The van der Waals surface area contributed by atoms with Crippen molar-refractivity contribution in [1.29, 1.82) is 0 Å². The third-order valence-electron chi connectivity index (χ3n) is 3.73. The zero-order valence-electron chi connectivity index (χ0n) is 14.4. The molecule has 3 aromatic rings. The van der Waals surface area contributed by atoms with Crippen LogP contribution in [0.3, 0.4) is 0 Å². The highest BCUT2D eigenvalue weighted by Crippen LogP contribution is 2.29. The summed E-state index contributed by atoms with van der Waals surface area (Å²) in [7, 11) is 1.81. The van der Waals surface area contributed by atoms with Gasteiger partial charge in [0.25, 0.3) is 0 Å². The number of hydrogen-bond donors (Lipinski definition) is 1. The van der Waals surface area contributed by atoms with Gasteiger partial charge in [-0.1, -0.05) is 16.8 Å². The van der Waals surface area contributed by atoms with Crippen molar-refractivity contribution in [3.8, 4) is 11.5 Å². The van der Waals surface area contributed by atoms with Crippen molar-refractivity contribution in [2.45, 2.75) is 6.18 Å². The van der Waals surface area contributed by atoms with Crippen LogP contribution >= 0.6 is 0 Å². The van der Waals surface area contributed by atoms with Crippen LogP contribution in [-0.4, -0.2) is 13.3 Å². The first-order chi connectivity index (χ1) is 12.9. The topological polar surface area (TPSA) is 37.5 Å². The van der Waals surface area contributed by atoms with E-state index in [0.717, 1.165) is 12.1 Å². The van der Waals surface area contributed by atoms with E-state index in [1.807, 2.05) is 31.6 Å². The summed E-state index contributed by atoms with van der Waals surface area (Å²) in [5.74, 6) is 1.35. The minimum Gasteiger partial charge on any atom is -0.457 e. The molecule has 1 aromatic heterocycles. The van der Waals surface area contributed by atoms with Crippen molar-refractivity contribution < 1.29 is 22.6 Å². The third kappa shape index (κ3) is 5.07. The van der Waals surface area contributed by atoms with E-state index in [4.69, 9.17) is 4.74 Å². The molecule has 0 saturated carbocycles. The molecule has 0 aliphatic heterocycles. The molecule has 138 valence electrons. The van der Waals surface area contributed by atoms with Gasteiger partial charge in [0.05, 0.1) is 18.3 Å². The van der Waals surface area contributed by atoms with E-state index in [1.54, 1.807) is 28.9 Å². The first kappa shape index (κ1) is 18.4. The number of nitrogens with one attached hydrogen (secondary N) is 1. The predicted octanol–water partition coefficient (Wildman–Crippen LogP) is 4.71. The molecule has 0 amide bonds. The number of hydrogen-bond acceptors (Lipinski definition) is 3. The third-order valence-corrected chi connectivity index (χ3v) is 3.73. The Morgan fingerprint density at radius 1 is 0.889 bits per heavy atom. The van der Waals surface area contributed by atoms with Crippen LogP contribution in [0.4, 0.5) is 18.9 Å². The summed E-state index contributed by atoms with van der Waals surface area (Å²) >= 11 is 0. The van der Waals surface area contributed by atoms with E-state index >= 15 is 0 Å². The summed E-state index contributed by atoms with van der Waals surface area (Å²) in [5.41, 5.74) is 3.53. The monoisotopic (exact) mass is 372 g/mol. The molecule has 1 heterocycles. The van der Waals surface area contributed by atoms with Crippen LogP contribution in [0, 0.1) is 0 Å². The molecule has 4 nitrogen and oxygen atoms in total. The number of ether oxygens (including phenoxy) is 1. The standard InChI is InChI=1S/C20H17F3N3O/c1-24-26-12-10-19(11-13-26)27-18-8-6-17(7-9-18)25-14-15-2-4-16(5-3-15)20(21,22)23/h2-14,24H,1H3/q+1. The quantitative estimate of drug-likeness (QED) is 0.520. The minimum absolute atomic E-state index is 0.588. The second kappa shape index (κ2) is 7.90. The molecule has 0 unspecified atom stereocenters. The van der Waals surface area contributed by atoms with Gasteiger partial charge in [0.15, 0.2) is 0 Å². The van der Waals surface area contributed by atoms with Gasteiger partial charge in [-0.15, -0.1) is 0 Å². The lowest BCUT2D eigenvalue weighted by molar-refractivity contribution is -0.647. The number of rotatable bonds is 5. The van der Waals surface area contributed by atoms with E-state index < -0.39 is 11.7 Å². The first-order valence-corrected chi connectivity index (χ1v) is 8.12. The Morgan fingerprint density at radius 3 is 2.04 bits per heavy atom. The highest BCUT2D eigenvalue weighted by atomic mass is 19.4. The largest absolute Gasteiger partial charge is 0.457 e. The van der Waals surface area contributed by atoms with Gasteiger partial charge in [0.2, 0.25) is 12.4 Å². The zero-order valence-corrected chi connectivity index (χ0v) is 14.4. The van der Waals surface area contributed by atoms with E-state index in [1.165, 1.54) is 18.3 Å². The van der Waals surface area contributed by atoms with Crippen LogP contribution in [0.25, 0.3) is 0 Å². The zero-order chi connectivity index (χ0) is 19.3. The number of halogens is 3. The Balaban J connectivity index is 1.63. The van der Waals surface area contributed by atoms with Crippen molar-refractivity contribution in [3.63, 3.8) is 0 Å². The molecule has 7 heteroatoms. The molecule has 0 atom stereocenters. The van der Waals surface area contributed by atoms with Gasteiger partial charge >= 0.3 is 6.18 Å².